The molecule has 0 saturated heterocycles. The normalized spacial score (nSPS) is 11.0. The molecule has 3 aromatic rings. The van der Waals surface area contributed by atoms with E-state index in [2.05, 4.69) is 10.2 Å². The predicted molar refractivity (Wildman–Crippen MR) is 98.0 cm³/mol. The number of hydrogen-bond acceptors (Lipinski definition) is 5. The quantitative estimate of drug-likeness (QED) is 0.637. The van der Waals surface area contributed by atoms with Crippen molar-refractivity contribution in [2.45, 2.75) is 6.54 Å². The highest BCUT2D eigenvalue weighted by Gasteiger charge is 2.11. The van der Waals surface area contributed by atoms with Gasteiger partial charge in [-0.25, -0.2) is 0 Å². The van der Waals surface area contributed by atoms with Gasteiger partial charge in [-0.05, 0) is 35.9 Å². The summed E-state index contributed by atoms with van der Waals surface area (Å²) in [7, 11) is 4.89. The highest BCUT2D eigenvalue weighted by molar-refractivity contribution is 5.91. The van der Waals surface area contributed by atoms with Crippen LogP contribution in [0.4, 0.5) is 0 Å². The van der Waals surface area contributed by atoms with Crippen molar-refractivity contribution >= 4 is 17.6 Å². The number of hydrogen-bond donors (Lipinski definition) is 0. The zero-order valence-corrected chi connectivity index (χ0v) is 14.9. The average molecular weight is 352 g/mol. The van der Waals surface area contributed by atoms with Gasteiger partial charge in [0.1, 0.15) is 0 Å². The number of amides is 1. The first kappa shape index (κ1) is 17.5. The topological polar surface area (TPSA) is 69.0 Å². The molecule has 7 nitrogen and oxygen atoms in total. The maximum absolute atomic E-state index is 12.4. The summed E-state index contributed by atoms with van der Waals surface area (Å²) in [6.45, 7) is 0.361. The van der Waals surface area contributed by atoms with Crippen LogP contribution in [0.5, 0.6) is 11.5 Å². The molecule has 0 aliphatic rings. The molecule has 0 unspecified atom stereocenters. The summed E-state index contributed by atoms with van der Waals surface area (Å²) in [6.07, 6.45) is 5.13. The number of benzene rings is 1. The lowest BCUT2D eigenvalue weighted by Gasteiger charge is -2.13. The summed E-state index contributed by atoms with van der Waals surface area (Å²) >= 11 is 0. The minimum absolute atomic E-state index is 0.132. The third-order valence-corrected chi connectivity index (χ3v) is 3.97. The maximum atomic E-state index is 12.4. The van der Waals surface area contributed by atoms with Crippen molar-refractivity contribution in [1.29, 1.82) is 0 Å². The fraction of sp³-hybridized carbons (Fsp3) is 0.211. The SMILES string of the molecule is COc1ccc(/C=C/C(=O)N(C)Cc2nnc3ccccn23)cc1OC. The van der Waals surface area contributed by atoms with Gasteiger partial charge in [0.25, 0.3) is 0 Å². The van der Waals surface area contributed by atoms with Crippen LogP contribution in [0.15, 0.2) is 48.7 Å². The van der Waals surface area contributed by atoms with Gasteiger partial charge in [0.2, 0.25) is 5.91 Å². The van der Waals surface area contributed by atoms with Gasteiger partial charge >= 0.3 is 0 Å². The number of likely N-dealkylation sites (N-methyl/N-ethyl adjacent to an activating group) is 1. The number of nitrogens with zero attached hydrogens (tertiary/aromatic N) is 4. The molecule has 3 rings (SSSR count). The Morgan fingerprint density at radius 3 is 2.73 bits per heavy atom. The first-order valence-electron chi connectivity index (χ1n) is 8.06. The molecule has 1 aromatic carbocycles. The van der Waals surface area contributed by atoms with E-state index in [1.54, 1.807) is 38.3 Å². The summed E-state index contributed by atoms with van der Waals surface area (Å²) in [5, 5.41) is 8.23. The number of rotatable bonds is 6. The third-order valence-electron chi connectivity index (χ3n) is 3.97. The van der Waals surface area contributed by atoms with E-state index in [1.165, 1.54) is 6.08 Å². The van der Waals surface area contributed by atoms with Crippen molar-refractivity contribution in [1.82, 2.24) is 19.5 Å². The van der Waals surface area contributed by atoms with Crippen LogP contribution >= 0.6 is 0 Å². The van der Waals surface area contributed by atoms with Crippen molar-refractivity contribution in [2.75, 3.05) is 21.3 Å². The molecule has 0 saturated carbocycles. The van der Waals surface area contributed by atoms with Crippen LogP contribution in [0, 0.1) is 0 Å². The van der Waals surface area contributed by atoms with Gasteiger partial charge in [-0.2, -0.15) is 0 Å². The largest absolute Gasteiger partial charge is 0.493 e. The lowest BCUT2D eigenvalue weighted by atomic mass is 10.2. The minimum Gasteiger partial charge on any atom is -0.493 e. The zero-order chi connectivity index (χ0) is 18.5. The molecule has 2 heterocycles. The number of fused-ring (bicyclic) bond motifs is 1. The van der Waals surface area contributed by atoms with Crippen molar-refractivity contribution in [2.24, 2.45) is 0 Å². The Kier molecular flexibility index (Phi) is 5.17. The number of methoxy groups -OCH3 is 2. The fourth-order valence-electron chi connectivity index (χ4n) is 2.54. The minimum atomic E-state index is -0.132. The van der Waals surface area contributed by atoms with Crippen molar-refractivity contribution in [3.8, 4) is 11.5 Å². The Morgan fingerprint density at radius 1 is 1.15 bits per heavy atom. The molecule has 0 radical (unpaired) electrons. The van der Waals surface area contributed by atoms with Crippen LogP contribution in [-0.4, -0.2) is 46.7 Å². The molecule has 26 heavy (non-hydrogen) atoms. The molecule has 0 atom stereocenters. The molecule has 0 fully saturated rings. The molecule has 0 N–H and O–H groups in total. The predicted octanol–water partition coefficient (Wildman–Crippen LogP) is 2.42. The third kappa shape index (κ3) is 3.66. The molecule has 134 valence electrons. The number of carbonyl (C=O) groups is 1. The Hall–Kier alpha value is -3.35. The second kappa shape index (κ2) is 7.69. The number of carbonyl (C=O) groups excluding carboxylic acids is 1. The van der Waals surface area contributed by atoms with Crippen LogP contribution in [0.25, 0.3) is 11.7 Å². The first-order chi connectivity index (χ1) is 12.6. The van der Waals surface area contributed by atoms with Gasteiger partial charge in [0.15, 0.2) is 23.0 Å². The van der Waals surface area contributed by atoms with E-state index in [9.17, 15) is 4.79 Å². The molecular weight excluding hydrogens is 332 g/mol. The van der Waals surface area contributed by atoms with E-state index in [1.807, 2.05) is 40.9 Å². The van der Waals surface area contributed by atoms with E-state index in [0.29, 0.717) is 23.9 Å². The van der Waals surface area contributed by atoms with Gasteiger partial charge in [-0.3, -0.25) is 9.20 Å². The lowest BCUT2D eigenvalue weighted by Crippen LogP contribution is -2.25. The van der Waals surface area contributed by atoms with Gasteiger partial charge < -0.3 is 14.4 Å². The van der Waals surface area contributed by atoms with Crippen LogP contribution < -0.4 is 9.47 Å². The lowest BCUT2D eigenvalue weighted by molar-refractivity contribution is -0.125. The van der Waals surface area contributed by atoms with Crippen LogP contribution in [0.3, 0.4) is 0 Å². The van der Waals surface area contributed by atoms with Crippen LogP contribution in [0.1, 0.15) is 11.4 Å². The molecule has 7 heteroatoms. The maximum Gasteiger partial charge on any atom is 0.246 e. The van der Waals surface area contributed by atoms with Gasteiger partial charge in [-0.15, -0.1) is 10.2 Å². The van der Waals surface area contributed by atoms with Crippen molar-refractivity contribution in [3.05, 3.63) is 60.1 Å². The molecular formula is C19H20N4O3. The highest BCUT2D eigenvalue weighted by atomic mass is 16.5. The summed E-state index contributed by atoms with van der Waals surface area (Å²) < 4.78 is 12.3. The number of ether oxygens (including phenoxy) is 2. The molecule has 1 amide bonds. The van der Waals surface area contributed by atoms with Gasteiger partial charge in [0.05, 0.1) is 20.8 Å². The smallest absolute Gasteiger partial charge is 0.246 e. The first-order valence-corrected chi connectivity index (χ1v) is 8.06. The fourth-order valence-corrected chi connectivity index (χ4v) is 2.54. The van der Waals surface area contributed by atoms with E-state index in [4.69, 9.17) is 9.47 Å². The van der Waals surface area contributed by atoms with Crippen molar-refractivity contribution in [3.63, 3.8) is 0 Å². The Labute approximate surface area is 151 Å². The monoisotopic (exact) mass is 352 g/mol. The highest BCUT2D eigenvalue weighted by Crippen LogP contribution is 2.27. The Balaban J connectivity index is 1.70. The summed E-state index contributed by atoms with van der Waals surface area (Å²) in [6, 6.07) is 11.1. The zero-order valence-electron chi connectivity index (χ0n) is 14.9. The molecule has 0 aliphatic heterocycles. The molecule has 0 bridgehead atoms. The Bertz CT molecular complexity index is 949. The van der Waals surface area contributed by atoms with Gasteiger partial charge in [0, 0.05) is 19.3 Å². The second-order valence-electron chi connectivity index (χ2n) is 5.69. The molecule has 2 aromatic heterocycles. The van der Waals surface area contributed by atoms with Crippen LogP contribution in [-0.2, 0) is 11.3 Å². The number of aromatic nitrogens is 3. The molecule has 0 spiro atoms. The van der Waals surface area contributed by atoms with Crippen molar-refractivity contribution < 1.29 is 14.3 Å². The standard InChI is InChI=1S/C19H20N4O3/c1-22(13-18-21-20-17-6-4-5-11-23(17)18)19(24)10-8-14-7-9-15(25-2)16(12-14)26-3/h4-12H,13H2,1-3H3/b10-8+. The van der Waals surface area contributed by atoms with Gasteiger partial charge in [-0.1, -0.05) is 12.1 Å². The molecule has 0 aliphatic carbocycles. The van der Waals surface area contributed by atoms with E-state index in [0.717, 1.165) is 11.2 Å². The second-order valence-corrected chi connectivity index (χ2v) is 5.69. The van der Waals surface area contributed by atoms with E-state index < -0.39 is 0 Å². The summed E-state index contributed by atoms with van der Waals surface area (Å²) in [5.41, 5.74) is 1.60. The summed E-state index contributed by atoms with van der Waals surface area (Å²) in [5.74, 6) is 1.83. The van der Waals surface area contributed by atoms with Crippen LogP contribution in [0.2, 0.25) is 0 Å². The van der Waals surface area contributed by atoms with E-state index in [-0.39, 0.29) is 5.91 Å². The Morgan fingerprint density at radius 2 is 1.96 bits per heavy atom. The summed E-state index contributed by atoms with van der Waals surface area (Å²) in [4.78, 5) is 14.0. The number of pyridine rings is 1. The average Bonchev–Trinajstić information content (AvgIpc) is 3.08. The van der Waals surface area contributed by atoms with E-state index >= 15 is 0 Å².